The van der Waals surface area contributed by atoms with E-state index in [-0.39, 0.29) is 0 Å². The summed E-state index contributed by atoms with van der Waals surface area (Å²) in [5, 5.41) is 4.44. The highest BCUT2D eigenvalue weighted by Crippen LogP contribution is 2.25. The van der Waals surface area contributed by atoms with Gasteiger partial charge in [-0.2, -0.15) is 5.10 Å². The summed E-state index contributed by atoms with van der Waals surface area (Å²) in [6, 6.07) is 11.3. The summed E-state index contributed by atoms with van der Waals surface area (Å²) in [7, 11) is 0. The lowest BCUT2D eigenvalue weighted by Gasteiger charge is -2.02. The Hall–Kier alpha value is -2.69. The average molecular weight is 267 g/mol. The standard InChI is InChI=1S/C15H13N3O2/c1-2-20-15(19)12-13(11-7-4-3-5-8-11)17-18-10-6-9-16-14(12)18/h3-10H,2H2,1H3. The van der Waals surface area contributed by atoms with Crippen molar-refractivity contribution in [1.29, 1.82) is 0 Å². The molecular weight excluding hydrogens is 254 g/mol. The van der Waals surface area contributed by atoms with E-state index < -0.39 is 5.97 Å². The molecule has 5 nitrogen and oxygen atoms in total. The average Bonchev–Trinajstić information content (AvgIpc) is 2.88. The van der Waals surface area contributed by atoms with Crippen molar-refractivity contribution >= 4 is 11.6 Å². The molecule has 0 radical (unpaired) electrons. The largest absolute Gasteiger partial charge is 0.462 e. The molecule has 1 aromatic carbocycles. The molecule has 0 aliphatic carbocycles. The van der Waals surface area contributed by atoms with Crippen molar-refractivity contribution in [3.8, 4) is 11.3 Å². The van der Waals surface area contributed by atoms with Crippen LogP contribution in [0.25, 0.3) is 16.9 Å². The van der Waals surface area contributed by atoms with Gasteiger partial charge in [-0.3, -0.25) is 0 Å². The van der Waals surface area contributed by atoms with Crippen molar-refractivity contribution in [3.63, 3.8) is 0 Å². The highest BCUT2D eigenvalue weighted by Gasteiger charge is 2.22. The third-order valence-corrected chi connectivity index (χ3v) is 2.92. The van der Waals surface area contributed by atoms with Crippen LogP contribution in [0, 0.1) is 0 Å². The lowest BCUT2D eigenvalue weighted by atomic mass is 10.1. The molecule has 3 rings (SSSR count). The number of nitrogens with zero attached hydrogens (tertiary/aromatic N) is 3. The summed E-state index contributed by atoms with van der Waals surface area (Å²) >= 11 is 0. The Morgan fingerprint density at radius 1 is 1.25 bits per heavy atom. The summed E-state index contributed by atoms with van der Waals surface area (Å²) in [6.07, 6.45) is 3.39. The van der Waals surface area contributed by atoms with E-state index in [2.05, 4.69) is 10.1 Å². The first-order chi connectivity index (χ1) is 9.81. The van der Waals surface area contributed by atoms with Crippen LogP contribution < -0.4 is 0 Å². The zero-order valence-corrected chi connectivity index (χ0v) is 11.0. The highest BCUT2D eigenvalue weighted by molar-refractivity contribution is 6.02. The minimum Gasteiger partial charge on any atom is -0.462 e. The molecule has 100 valence electrons. The van der Waals surface area contributed by atoms with Gasteiger partial charge in [-0.1, -0.05) is 30.3 Å². The van der Waals surface area contributed by atoms with Gasteiger partial charge in [0.1, 0.15) is 11.3 Å². The fourth-order valence-electron chi connectivity index (χ4n) is 2.08. The molecule has 3 aromatic rings. The fourth-order valence-corrected chi connectivity index (χ4v) is 2.08. The van der Waals surface area contributed by atoms with Gasteiger partial charge >= 0.3 is 5.97 Å². The number of hydrogen-bond acceptors (Lipinski definition) is 4. The zero-order valence-electron chi connectivity index (χ0n) is 11.0. The predicted molar refractivity (Wildman–Crippen MR) is 74.4 cm³/mol. The molecule has 2 heterocycles. The predicted octanol–water partition coefficient (Wildman–Crippen LogP) is 2.57. The quantitative estimate of drug-likeness (QED) is 0.684. The van der Waals surface area contributed by atoms with E-state index >= 15 is 0 Å². The first kappa shape index (κ1) is 12.3. The van der Waals surface area contributed by atoms with Crippen LogP contribution in [0.4, 0.5) is 0 Å². The molecule has 0 aliphatic heterocycles. The van der Waals surface area contributed by atoms with Gasteiger partial charge in [-0.15, -0.1) is 0 Å². The third kappa shape index (κ3) is 2.03. The molecule has 0 amide bonds. The van der Waals surface area contributed by atoms with Gasteiger partial charge in [-0.05, 0) is 13.0 Å². The molecule has 20 heavy (non-hydrogen) atoms. The molecule has 0 fully saturated rings. The van der Waals surface area contributed by atoms with Gasteiger partial charge in [0.05, 0.1) is 6.61 Å². The minimum absolute atomic E-state index is 0.317. The Morgan fingerprint density at radius 2 is 2.05 bits per heavy atom. The molecule has 0 atom stereocenters. The topological polar surface area (TPSA) is 56.5 Å². The van der Waals surface area contributed by atoms with E-state index in [1.807, 2.05) is 30.3 Å². The molecular formula is C15H13N3O2. The molecule has 0 spiro atoms. The molecule has 2 aromatic heterocycles. The molecule has 0 saturated carbocycles. The Bertz CT molecular complexity index is 750. The number of hydrogen-bond donors (Lipinski definition) is 0. The Balaban J connectivity index is 2.25. The van der Waals surface area contributed by atoms with Gasteiger partial charge in [0.25, 0.3) is 0 Å². The van der Waals surface area contributed by atoms with Gasteiger partial charge < -0.3 is 4.74 Å². The molecule has 0 aliphatic rings. The first-order valence-electron chi connectivity index (χ1n) is 6.37. The maximum Gasteiger partial charge on any atom is 0.344 e. The summed E-state index contributed by atoms with van der Waals surface area (Å²) in [5.74, 6) is -0.403. The van der Waals surface area contributed by atoms with E-state index in [1.165, 1.54) is 0 Å². The van der Waals surface area contributed by atoms with Crippen molar-refractivity contribution in [2.45, 2.75) is 6.92 Å². The zero-order chi connectivity index (χ0) is 13.9. The van der Waals surface area contributed by atoms with Gasteiger partial charge in [-0.25, -0.2) is 14.3 Å². The maximum absolute atomic E-state index is 12.2. The first-order valence-corrected chi connectivity index (χ1v) is 6.37. The lowest BCUT2D eigenvalue weighted by Crippen LogP contribution is -2.06. The van der Waals surface area contributed by atoms with Crippen molar-refractivity contribution < 1.29 is 9.53 Å². The van der Waals surface area contributed by atoms with E-state index in [1.54, 1.807) is 29.9 Å². The molecule has 0 saturated heterocycles. The number of ether oxygens (including phenoxy) is 1. The summed E-state index contributed by atoms with van der Waals surface area (Å²) in [4.78, 5) is 16.4. The van der Waals surface area contributed by atoms with Crippen LogP contribution in [0.15, 0.2) is 48.8 Å². The number of benzene rings is 1. The van der Waals surface area contributed by atoms with E-state index in [0.29, 0.717) is 23.5 Å². The maximum atomic E-state index is 12.2. The highest BCUT2D eigenvalue weighted by atomic mass is 16.5. The van der Waals surface area contributed by atoms with Crippen LogP contribution in [0.1, 0.15) is 17.3 Å². The van der Waals surface area contributed by atoms with Crippen molar-refractivity contribution in [2.75, 3.05) is 6.61 Å². The Kier molecular flexibility index (Phi) is 3.16. The molecule has 0 unspecified atom stereocenters. The van der Waals surface area contributed by atoms with Crippen LogP contribution in [0.2, 0.25) is 0 Å². The minimum atomic E-state index is -0.403. The second-order valence-electron chi connectivity index (χ2n) is 4.20. The normalized spacial score (nSPS) is 10.7. The SMILES string of the molecule is CCOC(=O)c1c(-c2ccccc2)nn2cccnc12. The van der Waals surface area contributed by atoms with E-state index in [0.717, 1.165) is 5.56 Å². The van der Waals surface area contributed by atoms with Crippen LogP contribution >= 0.6 is 0 Å². The number of fused-ring (bicyclic) bond motifs is 1. The second-order valence-corrected chi connectivity index (χ2v) is 4.20. The van der Waals surface area contributed by atoms with Gasteiger partial charge in [0.15, 0.2) is 5.65 Å². The summed E-state index contributed by atoms with van der Waals surface area (Å²) in [5.41, 5.74) is 2.35. The van der Waals surface area contributed by atoms with Crippen molar-refractivity contribution in [3.05, 3.63) is 54.4 Å². The number of carbonyl (C=O) groups excluding carboxylic acids is 1. The van der Waals surface area contributed by atoms with Crippen molar-refractivity contribution in [1.82, 2.24) is 14.6 Å². The number of esters is 1. The monoisotopic (exact) mass is 267 g/mol. The molecule has 0 N–H and O–H groups in total. The van der Waals surface area contributed by atoms with Gasteiger partial charge in [0, 0.05) is 18.0 Å². The number of carbonyl (C=O) groups is 1. The van der Waals surface area contributed by atoms with Crippen LogP contribution in [0.5, 0.6) is 0 Å². The molecule has 5 heteroatoms. The third-order valence-electron chi connectivity index (χ3n) is 2.92. The van der Waals surface area contributed by atoms with Crippen LogP contribution in [-0.4, -0.2) is 27.2 Å². The number of rotatable bonds is 3. The smallest absolute Gasteiger partial charge is 0.344 e. The summed E-state index contributed by atoms with van der Waals surface area (Å²) in [6.45, 7) is 2.09. The van der Waals surface area contributed by atoms with Gasteiger partial charge in [0.2, 0.25) is 0 Å². The Labute approximate surface area is 115 Å². The van der Waals surface area contributed by atoms with E-state index in [4.69, 9.17) is 4.74 Å². The Morgan fingerprint density at radius 3 is 2.80 bits per heavy atom. The number of aromatic nitrogens is 3. The lowest BCUT2D eigenvalue weighted by molar-refractivity contribution is 0.0529. The van der Waals surface area contributed by atoms with Crippen LogP contribution in [-0.2, 0) is 4.74 Å². The fraction of sp³-hybridized carbons (Fsp3) is 0.133. The van der Waals surface area contributed by atoms with Crippen molar-refractivity contribution in [2.24, 2.45) is 0 Å². The van der Waals surface area contributed by atoms with E-state index in [9.17, 15) is 4.79 Å². The second kappa shape index (κ2) is 5.13. The summed E-state index contributed by atoms with van der Waals surface area (Å²) < 4.78 is 6.72. The van der Waals surface area contributed by atoms with Crippen LogP contribution in [0.3, 0.4) is 0 Å². The molecule has 0 bridgehead atoms.